The van der Waals surface area contributed by atoms with E-state index in [0.717, 1.165) is 0 Å². The van der Waals surface area contributed by atoms with Crippen LogP contribution in [0, 0.1) is 0 Å². The molecule has 0 aliphatic heterocycles. The van der Waals surface area contributed by atoms with Gasteiger partial charge in [0.05, 0.1) is 0 Å². The van der Waals surface area contributed by atoms with Crippen molar-refractivity contribution < 1.29 is 60.6 Å². The molecule has 0 aromatic carbocycles. The van der Waals surface area contributed by atoms with Crippen LogP contribution in [0.1, 0.15) is 0 Å². The number of halogens is 18. The number of hydrogen-bond acceptors (Lipinski definition) is 0. The Morgan fingerprint density at radius 1 is 0.217 bits per heavy atom. The van der Waals surface area contributed by atoms with Gasteiger partial charge in [0.2, 0.25) is 0 Å². The molecule has 0 rings (SSSR count). The van der Waals surface area contributed by atoms with Crippen LogP contribution in [-0.2, 0) is 60.6 Å². The number of hydrogen-bond donors (Lipinski definition) is 0. The van der Waals surface area contributed by atoms with Crippen LogP contribution in [0.2, 0.25) is 0 Å². The van der Waals surface area contributed by atoms with Crippen molar-refractivity contribution in [2.45, 2.75) is 0 Å². The van der Waals surface area contributed by atoms with E-state index in [9.17, 15) is 0 Å². The fourth-order valence-corrected chi connectivity index (χ4v) is 0. The van der Waals surface area contributed by atoms with Crippen molar-refractivity contribution in [2.75, 3.05) is 0 Å². The second-order valence-corrected chi connectivity index (χ2v) is 158. The summed E-state index contributed by atoms with van der Waals surface area (Å²) < 4.78 is 0. The van der Waals surface area contributed by atoms with Gasteiger partial charge in [-0.3, -0.25) is 0 Å². The maximum absolute atomic E-state index is 5.33. The zero-order valence-corrected chi connectivity index (χ0v) is 34.1. The summed E-state index contributed by atoms with van der Waals surface area (Å²) in [6, 6.07) is 0. The summed E-state index contributed by atoms with van der Waals surface area (Å²) in [5, 5.41) is 0. The summed E-state index contributed by atoms with van der Waals surface area (Å²) in [6.07, 6.45) is 0. The van der Waals surface area contributed by atoms with Crippen LogP contribution >= 0.6 is 173 Å². The van der Waals surface area contributed by atoms with Crippen molar-refractivity contribution in [3.05, 3.63) is 0 Å². The molecule has 171 valence electrons. The first kappa shape index (κ1) is 41.7. The summed E-state index contributed by atoms with van der Waals surface area (Å²) >= 11 is 0. The Labute approximate surface area is 227 Å². The molecule has 0 aliphatic rings. The van der Waals surface area contributed by atoms with Crippen LogP contribution in [0.25, 0.3) is 0 Å². The predicted octanol–water partition coefficient (Wildman–Crippen LogP) is 12.4. The molecule has 0 aromatic heterocycles. The van der Waals surface area contributed by atoms with E-state index in [-0.39, 0.29) is 40.2 Å². The average molecular weight is 1600 g/mol. The minimum Gasteiger partial charge on any atom is 3.00 e. The van der Waals surface area contributed by atoms with Gasteiger partial charge in [0.15, 0.2) is 0 Å². The molecule has 0 N–H and O–H groups in total. The maximum Gasteiger partial charge on any atom is 3.00 e. The van der Waals surface area contributed by atoms with E-state index in [0.29, 0.717) is 0 Å². The van der Waals surface area contributed by atoms with Gasteiger partial charge in [-0.25, -0.2) is 0 Å². The molecule has 0 heterocycles. The topological polar surface area (TPSA) is 0 Å². The Morgan fingerprint density at radius 3 is 0.217 bits per heavy atom. The molecular weight excluding hydrogens is 1600 g/mol. The zero-order valence-electron chi connectivity index (χ0n) is 8.47. The van der Waals surface area contributed by atoms with E-state index in [1.807, 2.05) is 0 Å². The van der Waals surface area contributed by atoms with E-state index in [2.05, 4.69) is 0 Å². The second-order valence-electron chi connectivity index (χ2n) is 2.14. The van der Waals surface area contributed by atoms with Gasteiger partial charge < -0.3 is 0 Å². The Balaban J connectivity index is -0.0000000675. The van der Waals surface area contributed by atoms with Crippen LogP contribution < -0.4 is 0 Å². The first-order valence-electron chi connectivity index (χ1n) is 2.27. The molecule has 0 aliphatic carbocycles. The molecule has 0 unspecified atom stereocenters. The Bertz CT molecular complexity index is 265. The van der Waals surface area contributed by atoms with Gasteiger partial charge in [-0.2, -0.15) is 0 Å². The van der Waals surface area contributed by atoms with Crippen LogP contribution in [0.15, 0.2) is 0 Å². The second kappa shape index (κ2) is 9.25. The van der Waals surface area contributed by atoms with Gasteiger partial charge in [0, 0.05) is 0 Å². The zero-order chi connectivity index (χ0) is 19.2. The minimum atomic E-state index is -5.33. The fraction of sp³-hybridized carbons (Fsp3) is 0. The summed E-state index contributed by atoms with van der Waals surface area (Å²) in [6.45, 7) is -16.0. The van der Waals surface area contributed by atoms with Crippen molar-refractivity contribution in [3.8, 4) is 0 Å². The summed E-state index contributed by atoms with van der Waals surface area (Å²) in [4.78, 5) is 0. The molecule has 0 spiro atoms. The molecule has 0 saturated carbocycles. The SMILES string of the molecule is [Cl][Ir-2]([Cl])([Cl])([Cl])([Cl])[Cl].[Cl][Ir-2]([Cl])([Cl])([Cl])([Cl])[Cl].[Cl][Ir-2]([Cl])([Cl])([Cl])([Cl])[Cl].[Ir+3].[Ir+3]. The average Bonchev–Trinajstić information content (AvgIpc) is 1.19. The van der Waals surface area contributed by atoms with Gasteiger partial charge in [-0.1, -0.05) is 0 Å². The van der Waals surface area contributed by atoms with Crippen LogP contribution in [0.3, 0.4) is 0 Å². The minimum absolute atomic E-state index is 0. The fourth-order valence-electron chi connectivity index (χ4n) is 0. The summed E-state index contributed by atoms with van der Waals surface area (Å²) in [5.41, 5.74) is 0. The molecule has 0 atom stereocenters. The third kappa shape index (κ3) is 344. The quantitative estimate of drug-likeness (QED) is 0.227. The van der Waals surface area contributed by atoms with E-state index in [4.69, 9.17) is 173 Å². The van der Waals surface area contributed by atoms with Crippen molar-refractivity contribution in [3.63, 3.8) is 0 Å². The number of rotatable bonds is 0. The van der Waals surface area contributed by atoms with Crippen LogP contribution in [0.5, 0.6) is 0 Å². The standard InChI is InChI=1S/18ClH.5Ir/h18*1H;;;;;/q;;;;;;;;;;;;;;;;;;2*+3;3*+4/p-18. The van der Waals surface area contributed by atoms with E-state index < -0.39 is 20.4 Å². The van der Waals surface area contributed by atoms with E-state index in [1.165, 1.54) is 0 Å². The molecular formula is Cl18Ir5. The van der Waals surface area contributed by atoms with Crippen molar-refractivity contribution >= 4 is 173 Å². The largest absolute Gasteiger partial charge is 3.00 e. The van der Waals surface area contributed by atoms with E-state index in [1.54, 1.807) is 0 Å². The normalized spacial score (nSPS) is 21.1. The third-order valence-electron chi connectivity index (χ3n) is 0. The van der Waals surface area contributed by atoms with Gasteiger partial charge in [-0.15, -0.1) is 0 Å². The molecule has 0 fully saturated rings. The first-order valence-corrected chi connectivity index (χ1v) is 55.7. The van der Waals surface area contributed by atoms with Crippen LogP contribution in [0.4, 0.5) is 0 Å². The summed E-state index contributed by atoms with van der Waals surface area (Å²) in [5.74, 6) is 0. The third-order valence-corrected chi connectivity index (χ3v) is 0. The molecule has 23 heavy (non-hydrogen) atoms. The van der Waals surface area contributed by atoms with Crippen molar-refractivity contribution in [1.29, 1.82) is 0 Å². The van der Waals surface area contributed by atoms with Crippen molar-refractivity contribution in [2.24, 2.45) is 0 Å². The molecule has 0 radical (unpaired) electrons. The molecule has 23 heteroatoms. The van der Waals surface area contributed by atoms with Gasteiger partial charge in [-0.05, 0) is 0 Å². The molecule has 0 saturated heterocycles. The molecule has 0 bridgehead atoms. The Hall–Kier alpha value is 8.47. The van der Waals surface area contributed by atoms with Gasteiger partial charge in [0.1, 0.15) is 0 Å². The van der Waals surface area contributed by atoms with Gasteiger partial charge in [0.25, 0.3) is 0 Å². The Kier molecular flexibility index (Phi) is 16.8. The van der Waals surface area contributed by atoms with E-state index >= 15 is 0 Å². The Morgan fingerprint density at radius 2 is 0.217 bits per heavy atom. The molecule has 0 nitrogen and oxygen atoms in total. The predicted molar refractivity (Wildman–Crippen MR) is 105 cm³/mol. The molecule has 0 aromatic rings. The smallest absolute Gasteiger partial charge is 3.00 e. The maximum atomic E-state index is 5.06. The monoisotopic (exact) mass is 1590 g/mol. The van der Waals surface area contributed by atoms with Crippen LogP contribution in [-0.4, -0.2) is 0 Å². The van der Waals surface area contributed by atoms with Gasteiger partial charge >= 0.3 is 233 Å². The summed E-state index contributed by atoms with van der Waals surface area (Å²) in [7, 11) is 91.0. The van der Waals surface area contributed by atoms with Crippen molar-refractivity contribution in [1.82, 2.24) is 0 Å². The molecule has 0 amide bonds. The first-order chi connectivity index (χ1) is 7.35.